The van der Waals surface area contributed by atoms with Crippen LogP contribution in [0.1, 0.15) is 18.0 Å². The quantitative estimate of drug-likeness (QED) is 0.635. The number of ether oxygens (including phenoxy) is 2. The number of hydrogen-bond acceptors (Lipinski definition) is 5. The average molecular weight is 315 g/mol. The molecule has 1 aromatic rings. The number of carbonyl (C=O) groups excluding carboxylic acids is 2. The van der Waals surface area contributed by atoms with Crippen molar-refractivity contribution in [1.82, 2.24) is 10.6 Å². The van der Waals surface area contributed by atoms with Crippen molar-refractivity contribution >= 4 is 12.0 Å². The molecule has 0 saturated carbocycles. The molecule has 7 nitrogen and oxygen atoms in total. The smallest absolute Gasteiger partial charge is 0.319 e. The summed E-state index contributed by atoms with van der Waals surface area (Å²) in [4.78, 5) is 24.0. The van der Waals surface area contributed by atoms with Gasteiger partial charge < -0.3 is 20.1 Å². The lowest BCUT2D eigenvalue weighted by molar-refractivity contribution is -0.148. The summed E-state index contributed by atoms with van der Waals surface area (Å²) < 4.78 is 10.3. The topological polar surface area (TPSA) is 100 Å². The fourth-order valence-electron chi connectivity index (χ4n) is 2.36. The third-order valence-corrected chi connectivity index (χ3v) is 3.43. The maximum atomic E-state index is 12.3. The van der Waals surface area contributed by atoms with Gasteiger partial charge in [-0.15, -0.1) is 0 Å². The van der Waals surface area contributed by atoms with E-state index in [1.54, 1.807) is 24.3 Å². The minimum Gasteiger partial charge on any atom is -0.497 e. The number of nitriles is 1. The minimum atomic E-state index is -0.793. The molecule has 7 heteroatoms. The number of amides is 2. The summed E-state index contributed by atoms with van der Waals surface area (Å²) in [5.74, 6) is -0.735. The molecular formula is C16H17N3O4. The van der Waals surface area contributed by atoms with Crippen molar-refractivity contribution in [2.24, 2.45) is 5.92 Å². The van der Waals surface area contributed by atoms with E-state index in [4.69, 9.17) is 14.7 Å². The summed E-state index contributed by atoms with van der Waals surface area (Å²) in [5.41, 5.74) is 0.950. The predicted octanol–water partition coefficient (Wildman–Crippen LogP) is 1.64. The monoisotopic (exact) mass is 315 g/mol. The van der Waals surface area contributed by atoms with Gasteiger partial charge in [-0.3, -0.25) is 4.79 Å². The zero-order valence-electron chi connectivity index (χ0n) is 12.7. The highest BCUT2D eigenvalue weighted by Gasteiger charge is 2.38. The number of esters is 1. The largest absolute Gasteiger partial charge is 0.497 e. The van der Waals surface area contributed by atoms with Crippen molar-refractivity contribution in [3.8, 4) is 11.8 Å². The van der Waals surface area contributed by atoms with Crippen LogP contribution in [0.2, 0.25) is 0 Å². The van der Waals surface area contributed by atoms with E-state index in [1.807, 2.05) is 6.07 Å². The molecule has 1 aliphatic heterocycles. The molecule has 1 aliphatic rings. The van der Waals surface area contributed by atoms with Gasteiger partial charge in [0, 0.05) is 5.70 Å². The van der Waals surface area contributed by atoms with Crippen LogP contribution in [0.3, 0.4) is 0 Å². The molecule has 1 heterocycles. The van der Waals surface area contributed by atoms with Gasteiger partial charge in [0.1, 0.15) is 18.3 Å². The first-order valence-electron chi connectivity index (χ1n) is 7.00. The number of urea groups is 1. The number of hydrogen-bond donors (Lipinski definition) is 2. The first-order chi connectivity index (χ1) is 11.1. The summed E-state index contributed by atoms with van der Waals surface area (Å²) in [6.07, 6.45) is 0.106. The number of rotatable bonds is 5. The van der Waals surface area contributed by atoms with Gasteiger partial charge in [-0.2, -0.15) is 5.26 Å². The van der Waals surface area contributed by atoms with E-state index in [0.29, 0.717) is 11.3 Å². The van der Waals surface area contributed by atoms with E-state index in [1.165, 1.54) is 7.11 Å². The molecule has 0 aliphatic carbocycles. The standard InChI is InChI=1S/C16H17N3O4/c1-10-13(15(20)23-8-4-7-17)14(19-16(21)18-10)11-5-3-6-12(9-11)22-2/h3,5-6,9,13-14H,1,4,8H2,2H3,(H2,18,19,21)/t13-,14+/m0/s1. The second kappa shape index (κ2) is 7.31. The first kappa shape index (κ1) is 16.4. The Kier molecular flexibility index (Phi) is 5.20. The average Bonchev–Trinajstić information content (AvgIpc) is 2.54. The zero-order chi connectivity index (χ0) is 16.8. The van der Waals surface area contributed by atoms with E-state index >= 15 is 0 Å². The third kappa shape index (κ3) is 3.80. The lowest BCUT2D eigenvalue weighted by Gasteiger charge is -2.33. The lowest BCUT2D eigenvalue weighted by atomic mass is 9.89. The number of methoxy groups -OCH3 is 1. The lowest BCUT2D eigenvalue weighted by Crippen LogP contribution is -2.51. The van der Waals surface area contributed by atoms with Crippen LogP contribution < -0.4 is 15.4 Å². The Hall–Kier alpha value is -3.01. The van der Waals surface area contributed by atoms with E-state index in [2.05, 4.69) is 17.2 Å². The van der Waals surface area contributed by atoms with E-state index in [-0.39, 0.29) is 18.7 Å². The van der Waals surface area contributed by atoms with Gasteiger partial charge in [-0.25, -0.2) is 4.79 Å². The van der Waals surface area contributed by atoms with Crippen LogP contribution >= 0.6 is 0 Å². The SMILES string of the molecule is C=C1NC(=O)N[C@H](c2cccc(OC)c2)[C@H]1C(=O)OCCC#N. The molecule has 120 valence electrons. The molecule has 2 amide bonds. The molecule has 0 aromatic heterocycles. The molecule has 0 radical (unpaired) electrons. The molecule has 23 heavy (non-hydrogen) atoms. The summed E-state index contributed by atoms with van der Waals surface area (Å²) in [7, 11) is 1.53. The molecule has 0 bridgehead atoms. The van der Waals surface area contributed by atoms with Gasteiger partial charge in [0.2, 0.25) is 0 Å². The molecule has 1 fully saturated rings. The molecule has 2 N–H and O–H groups in total. The van der Waals surface area contributed by atoms with Crippen LogP contribution in [-0.4, -0.2) is 25.7 Å². The van der Waals surface area contributed by atoms with Crippen molar-refractivity contribution in [3.63, 3.8) is 0 Å². The minimum absolute atomic E-state index is 0.00209. The van der Waals surface area contributed by atoms with Gasteiger partial charge in [0.15, 0.2) is 0 Å². The van der Waals surface area contributed by atoms with Crippen LogP contribution in [-0.2, 0) is 9.53 Å². The second-order valence-corrected chi connectivity index (χ2v) is 4.93. The Labute approximate surface area is 133 Å². The summed E-state index contributed by atoms with van der Waals surface area (Å²) in [5, 5.41) is 13.7. The molecule has 1 aromatic carbocycles. The van der Waals surface area contributed by atoms with Crippen molar-refractivity contribution < 1.29 is 19.1 Å². The highest BCUT2D eigenvalue weighted by molar-refractivity contribution is 5.85. The predicted molar refractivity (Wildman–Crippen MR) is 81.2 cm³/mol. The fraction of sp³-hybridized carbons (Fsp3) is 0.312. The van der Waals surface area contributed by atoms with Crippen molar-refractivity contribution in [2.45, 2.75) is 12.5 Å². The molecule has 0 spiro atoms. The Morgan fingerprint density at radius 2 is 2.26 bits per heavy atom. The Balaban J connectivity index is 2.27. The molecule has 2 atom stereocenters. The second-order valence-electron chi connectivity index (χ2n) is 4.93. The Morgan fingerprint density at radius 3 is 2.96 bits per heavy atom. The Morgan fingerprint density at radius 1 is 1.48 bits per heavy atom. The maximum absolute atomic E-state index is 12.3. The van der Waals surface area contributed by atoms with Crippen molar-refractivity contribution in [1.29, 1.82) is 5.26 Å². The van der Waals surface area contributed by atoms with Gasteiger partial charge in [-0.1, -0.05) is 18.7 Å². The van der Waals surface area contributed by atoms with Gasteiger partial charge >= 0.3 is 12.0 Å². The fourth-order valence-corrected chi connectivity index (χ4v) is 2.36. The summed E-state index contributed by atoms with van der Waals surface area (Å²) in [6.45, 7) is 3.74. The molecular weight excluding hydrogens is 298 g/mol. The van der Waals surface area contributed by atoms with Crippen LogP contribution in [0.5, 0.6) is 5.75 Å². The molecule has 2 rings (SSSR count). The first-order valence-corrected chi connectivity index (χ1v) is 7.00. The van der Waals surface area contributed by atoms with Crippen LogP contribution in [0.4, 0.5) is 4.79 Å². The van der Waals surface area contributed by atoms with Crippen molar-refractivity contribution in [3.05, 3.63) is 42.1 Å². The maximum Gasteiger partial charge on any atom is 0.319 e. The number of carbonyl (C=O) groups is 2. The number of benzene rings is 1. The highest BCUT2D eigenvalue weighted by Crippen LogP contribution is 2.31. The number of nitrogens with one attached hydrogen (secondary N) is 2. The Bertz CT molecular complexity index is 666. The highest BCUT2D eigenvalue weighted by atomic mass is 16.5. The van der Waals surface area contributed by atoms with Gasteiger partial charge in [-0.05, 0) is 17.7 Å². The van der Waals surface area contributed by atoms with Crippen LogP contribution in [0.25, 0.3) is 0 Å². The van der Waals surface area contributed by atoms with Gasteiger partial charge in [0.05, 0.1) is 25.6 Å². The molecule has 1 saturated heterocycles. The summed E-state index contributed by atoms with van der Waals surface area (Å²) >= 11 is 0. The molecule has 0 unspecified atom stereocenters. The van der Waals surface area contributed by atoms with E-state index in [0.717, 1.165) is 0 Å². The van der Waals surface area contributed by atoms with Crippen LogP contribution in [0, 0.1) is 17.2 Å². The zero-order valence-corrected chi connectivity index (χ0v) is 12.7. The van der Waals surface area contributed by atoms with Crippen molar-refractivity contribution in [2.75, 3.05) is 13.7 Å². The van der Waals surface area contributed by atoms with E-state index in [9.17, 15) is 9.59 Å². The third-order valence-electron chi connectivity index (χ3n) is 3.43. The van der Waals surface area contributed by atoms with Crippen LogP contribution in [0.15, 0.2) is 36.5 Å². The summed E-state index contributed by atoms with van der Waals surface area (Å²) in [6, 6.07) is 7.88. The number of nitrogens with zero attached hydrogens (tertiary/aromatic N) is 1. The van der Waals surface area contributed by atoms with E-state index < -0.39 is 24.0 Å². The normalized spacial score (nSPS) is 20.0. The van der Waals surface area contributed by atoms with Gasteiger partial charge in [0.25, 0.3) is 0 Å².